The lowest BCUT2D eigenvalue weighted by Gasteiger charge is -2.16. The van der Waals surface area contributed by atoms with Crippen molar-refractivity contribution < 1.29 is 9.53 Å². The Balaban J connectivity index is 1.50. The number of nitrogens with zero attached hydrogens (tertiary/aromatic N) is 4. The molecule has 1 aliphatic heterocycles. The van der Waals surface area contributed by atoms with Crippen molar-refractivity contribution in [3.05, 3.63) is 29.0 Å². The molecule has 0 saturated carbocycles. The van der Waals surface area contributed by atoms with E-state index in [0.717, 1.165) is 31.6 Å². The van der Waals surface area contributed by atoms with Gasteiger partial charge in [0, 0.05) is 38.8 Å². The van der Waals surface area contributed by atoms with E-state index >= 15 is 0 Å². The number of urea groups is 1. The summed E-state index contributed by atoms with van der Waals surface area (Å²) in [6.07, 6.45) is 5.92. The van der Waals surface area contributed by atoms with Crippen molar-refractivity contribution in [2.45, 2.75) is 19.4 Å². The summed E-state index contributed by atoms with van der Waals surface area (Å²) in [5.74, 6) is 0.491. The zero-order chi connectivity index (χ0) is 16.2. The molecule has 2 amide bonds. The van der Waals surface area contributed by atoms with Gasteiger partial charge in [-0.3, -0.25) is 10.00 Å². The van der Waals surface area contributed by atoms with Crippen LogP contribution in [-0.2, 0) is 24.8 Å². The van der Waals surface area contributed by atoms with Crippen molar-refractivity contribution in [2.75, 3.05) is 25.5 Å². The first kappa shape index (κ1) is 15.9. The highest BCUT2D eigenvalue weighted by atomic mass is 32.1. The minimum absolute atomic E-state index is 0.0722. The van der Waals surface area contributed by atoms with Crippen molar-refractivity contribution in [1.82, 2.24) is 19.7 Å². The number of aromatic nitrogens is 3. The molecule has 7 nitrogen and oxygen atoms in total. The fraction of sp³-hybridized carbons (Fsp3) is 0.533. The van der Waals surface area contributed by atoms with Crippen molar-refractivity contribution >= 4 is 22.5 Å². The van der Waals surface area contributed by atoms with Gasteiger partial charge in [-0.25, -0.2) is 9.78 Å². The average molecular weight is 335 g/mol. The van der Waals surface area contributed by atoms with Crippen molar-refractivity contribution in [2.24, 2.45) is 13.0 Å². The number of ether oxygens (including phenoxy) is 1. The minimum atomic E-state index is -0.0722. The number of aryl methyl sites for hydroxylation is 1. The van der Waals surface area contributed by atoms with Gasteiger partial charge >= 0.3 is 6.03 Å². The number of hydrogen-bond acceptors (Lipinski definition) is 5. The minimum Gasteiger partial charge on any atom is -0.378 e. The molecule has 23 heavy (non-hydrogen) atoms. The molecule has 0 radical (unpaired) electrons. The molecule has 2 aromatic rings. The summed E-state index contributed by atoms with van der Waals surface area (Å²) in [6, 6.07) is -0.0722. The molecular formula is C15H21N5O2S. The van der Waals surface area contributed by atoms with Gasteiger partial charge in [-0.05, 0) is 24.3 Å². The lowest BCUT2D eigenvalue weighted by atomic mass is 10.0. The molecular weight excluding hydrogens is 314 g/mol. The number of hydrogen-bond donors (Lipinski definition) is 1. The number of carbonyl (C=O) groups excluding carboxylic acids is 1. The topological polar surface area (TPSA) is 72.3 Å². The van der Waals surface area contributed by atoms with Gasteiger partial charge in [0.1, 0.15) is 0 Å². The van der Waals surface area contributed by atoms with Gasteiger partial charge in [0.15, 0.2) is 5.13 Å². The van der Waals surface area contributed by atoms with Crippen LogP contribution in [0.25, 0.3) is 0 Å². The second-order valence-corrected chi connectivity index (χ2v) is 6.69. The predicted molar refractivity (Wildman–Crippen MR) is 88.4 cm³/mol. The Morgan fingerprint density at radius 1 is 1.57 bits per heavy atom. The third kappa shape index (κ3) is 4.08. The van der Waals surface area contributed by atoms with E-state index in [2.05, 4.69) is 15.4 Å². The number of anilines is 1. The maximum atomic E-state index is 12.3. The first-order chi connectivity index (χ1) is 11.1. The summed E-state index contributed by atoms with van der Waals surface area (Å²) in [5, 5.41) is 9.59. The molecule has 124 valence electrons. The molecule has 0 aromatic carbocycles. The number of likely N-dealkylation sites (tertiary alicyclic amines) is 1. The maximum Gasteiger partial charge on any atom is 0.323 e. The van der Waals surface area contributed by atoms with Crippen molar-refractivity contribution in [3.63, 3.8) is 0 Å². The zero-order valence-corrected chi connectivity index (χ0v) is 14.2. The molecule has 0 bridgehead atoms. The molecule has 1 aliphatic rings. The average Bonchev–Trinajstić information content (AvgIpc) is 3.23. The first-order valence-corrected chi connectivity index (χ1v) is 8.49. The zero-order valence-electron chi connectivity index (χ0n) is 13.4. The summed E-state index contributed by atoms with van der Waals surface area (Å²) in [5.41, 5.74) is 2.06. The normalized spacial score (nSPS) is 17.7. The van der Waals surface area contributed by atoms with Gasteiger partial charge < -0.3 is 9.64 Å². The summed E-state index contributed by atoms with van der Waals surface area (Å²) in [6.45, 7) is 2.02. The van der Waals surface area contributed by atoms with Crippen LogP contribution in [0.3, 0.4) is 0 Å². The third-order valence-electron chi connectivity index (χ3n) is 3.91. The molecule has 3 rings (SSSR count). The number of carbonyl (C=O) groups is 1. The van der Waals surface area contributed by atoms with Crippen molar-refractivity contribution in [1.29, 1.82) is 0 Å². The highest BCUT2D eigenvalue weighted by molar-refractivity contribution is 7.13. The van der Waals surface area contributed by atoms with E-state index in [1.54, 1.807) is 7.11 Å². The predicted octanol–water partition coefficient (Wildman–Crippen LogP) is 2.12. The van der Waals surface area contributed by atoms with E-state index in [9.17, 15) is 4.79 Å². The van der Waals surface area contributed by atoms with Gasteiger partial charge in [0.2, 0.25) is 0 Å². The van der Waals surface area contributed by atoms with Crippen LogP contribution in [0.15, 0.2) is 17.8 Å². The Hall–Kier alpha value is -1.93. The Labute approximate surface area is 139 Å². The van der Waals surface area contributed by atoms with Crippen LogP contribution in [0.4, 0.5) is 9.93 Å². The SMILES string of the molecule is COCc1csc(NC(=O)N2CC[C@@H](Cc3cnn(C)c3)C2)n1. The Morgan fingerprint density at radius 2 is 2.43 bits per heavy atom. The Morgan fingerprint density at radius 3 is 3.17 bits per heavy atom. The van der Waals surface area contributed by atoms with Gasteiger partial charge in [-0.1, -0.05) is 0 Å². The van der Waals surface area contributed by atoms with Gasteiger partial charge in [-0.2, -0.15) is 5.10 Å². The smallest absolute Gasteiger partial charge is 0.323 e. The molecule has 1 atom stereocenters. The van der Waals surface area contributed by atoms with Gasteiger partial charge in [-0.15, -0.1) is 11.3 Å². The molecule has 1 saturated heterocycles. The highest BCUT2D eigenvalue weighted by Gasteiger charge is 2.27. The largest absolute Gasteiger partial charge is 0.378 e. The van der Waals surface area contributed by atoms with Crippen LogP contribution in [0.2, 0.25) is 0 Å². The second-order valence-electron chi connectivity index (χ2n) is 5.83. The number of amides is 2. The molecule has 8 heteroatoms. The number of rotatable bonds is 5. The highest BCUT2D eigenvalue weighted by Crippen LogP contribution is 2.22. The van der Waals surface area contributed by atoms with E-state index in [0.29, 0.717) is 17.7 Å². The number of methoxy groups -OCH3 is 1. The van der Waals surface area contributed by atoms with E-state index in [1.165, 1.54) is 16.9 Å². The fourth-order valence-corrected chi connectivity index (χ4v) is 3.53. The van der Waals surface area contributed by atoms with E-state index in [1.807, 2.05) is 34.4 Å². The van der Waals surface area contributed by atoms with Gasteiger partial charge in [0.25, 0.3) is 0 Å². The van der Waals surface area contributed by atoms with E-state index in [-0.39, 0.29) is 6.03 Å². The maximum absolute atomic E-state index is 12.3. The fourth-order valence-electron chi connectivity index (χ4n) is 2.84. The number of thiazole rings is 1. The molecule has 2 aromatic heterocycles. The van der Waals surface area contributed by atoms with Crippen LogP contribution >= 0.6 is 11.3 Å². The molecule has 3 heterocycles. The molecule has 1 N–H and O–H groups in total. The quantitative estimate of drug-likeness (QED) is 0.908. The van der Waals surface area contributed by atoms with Crippen molar-refractivity contribution in [3.8, 4) is 0 Å². The standard InChI is InChI=1S/C15H21N5O2S/c1-19-7-12(6-16-19)5-11-3-4-20(8-11)15(21)18-14-17-13(9-22-2)10-23-14/h6-7,10-11H,3-5,8-9H2,1-2H3,(H,17,18,21)/t11-/m0/s1. The van der Waals surface area contributed by atoms with Crippen LogP contribution in [-0.4, -0.2) is 45.9 Å². The van der Waals surface area contributed by atoms with Crippen LogP contribution < -0.4 is 5.32 Å². The third-order valence-corrected chi connectivity index (χ3v) is 4.72. The van der Waals surface area contributed by atoms with Crippen LogP contribution in [0.5, 0.6) is 0 Å². The van der Waals surface area contributed by atoms with Crippen LogP contribution in [0.1, 0.15) is 17.7 Å². The summed E-state index contributed by atoms with van der Waals surface area (Å²) in [4.78, 5) is 18.5. The Kier molecular flexibility index (Phi) is 4.92. The monoisotopic (exact) mass is 335 g/mol. The first-order valence-electron chi connectivity index (χ1n) is 7.61. The summed E-state index contributed by atoms with van der Waals surface area (Å²) < 4.78 is 6.85. The summed E-state index contributed by atoms with van der Waals surface area (Å²) in [7, 11) is 3.55. The van der Waals surface area contributed by atoms with Gasteiger partial charge in [0.05, 0.1) is 18.5 Å². The number of nitrogens with one attached hydrogen (secondary N) is 1. The van der Waals surface area contributed by atoms with E-state index < -0.39 is 0 Å². The molecule has 1 fully saturated rings. The molecule has 0 spiro atoms. The summed E-state index contributed by atoms with van der Waals surface area (Å²) >= 11 is 1.42. The Bertz CT molecular complexity index is 668. The lowest BCUT2D eigenvalue weighted by Crippen LogP contribution is -2.33. The van der Waals surface area contributed by atoms with E-state index in [4.69, 9.17) is 4.74 Å². The second kappa shape index (κ2) is 7.10. The van der Waals surface area contributed by atoms with Crippen LogP contribution in [0, 0.1) is 5.92 Å². The molecule has 0 aliphatic carbocycles. The molecule has 0 unspecified atom stereocenters. The lowest BCUT2D eigenvalue weighted by molar-refractivity contribution is 0.182.